The van der Waals surface area contributed by atoms with E-state index in [-0.39, 0.29) is 0 Å². The normalized spacial score (nSPS) is 19.9. The Labute approximate surface area is 107 Å². The van der Waals surface area contributed by atoms with Crippen LogP contribution in [0.15, 0.2) is 30.5 Å². The van der Waals surface area contributed by atoms with Crippen LogP contribution in [0.5, 0.6) is 5.88 Å². The highest BCUT2D eigenvalue weighted by Gasteiger charge is 2.15. The molecule has 94 valence electrons. The molecule has 1 fully saturated rings. The molecule has 3 nitrogen and oxygen atoms in total. The molecule has 0 saturated carbocycles. The molecule has 1 unspecified atom stereocenters. The van der Waals surface area contributed by atoms with Crippen molar-refractivity contribution >= 4 is 10.8 Å². The summed E-state index contributed by atoms with van der Waals surface area (Å²) in [6.07, 6.45) is 5.64. The Kier molecular flexibility index (Phi) is 3.15. The number of hydrogen-bond acceptors (Lipinski definition) is 3. The van der Waals surface area contributed by atoms with E-state index in [4.69, 9.17) is 4.74 Å². The molecule has 1 aliphatic rings. The minimum Gasteiger partial charge on any atom is -0.481 e. The van der Waals surface area contributed by atoms with Crippen molar-refractivity contribution in [1.82, 2.24) is 10.3 Å². The van der Waals surface area contributed by atoms with Crippen LogP contribution in [0, 0.1) is 0 Å². The number of nitrogens with zero attached hydrogens (tertiary/aromatic N) is 1. The van der Waals surface area contributed by atoms with E-state index in [2.05, 4.69) is 28.5 Å². The predicted octanol–water partition coefficient (Wildman–Crippen LogP) is 3.06. The van der Waals surface area contributed by atoms with Gasteiger partial charge in [0.2, 0.25) is 5.88 Å². The average Bonchev–Trinajstić information content (AvgIpc) is 2.47. The van der Waals surface area contributed by atoms with Gasteiger partial charge in [-0.1, -0.05) is 12.5 Å². The van der Waals surface area contributed by atoms with E-state index >= 15 is 0 Å². The zero-order valence-corrected chi connectivity index (χ0v) is 10.6. The van der Waals surface area contributed by atoms with Crippen LogP contribution in [0.4, 0.5) is 0 Å². The first-order valence-corrected chi connectivity index (χ1v) is 6.54. The van der Waals surface area contributed by atoms with E-state index in [0.29, 0.717) is 11.9 Å². The van der Waals surface area contributed by atoms with Gasteiger partial charge in [0.1, 0.15) is 0 Å². The third-order valence-corrected chi connectivity index (χ3v) is 3.66. The van der Waals surface area contributed by atoms with E-state index in [0.717, 1.165) is 11.9 Å². The quantitative estimate of drug-likeness (QED) is 0.878. The lowest BCUT2D eigenvalue weighted by molar-refractivity contribution is 0.403. The monoisotopic (exact) mass is 242 g/mol. The topological polar surface area (TPSA) is 34.1 Å². The van der Waals surface area contributed by atoms with Gasteiger partial charge < -0.3 is 10.1 Å². The summed E-state index contributed by atoms with van der Waals surface area (Å²) in [6, 6.07) is 9.11. The molecule has 2 heterocycles. The number of fused-ring (bicyclic) bond motifs is 1. The molecule has 0 amide bonds. The standard InChI is InChI=1S/C15H18N2O/c1-18-15-13-6-5-12(10-11(13)7-9-17-15)14-4-2-3-8-16-14/h5-7,9-10,14,16H,2-4,8H2,1H3. The van der Waals surface area contributed by atoms with E-state index in [9.17, 15) is 0 Å². The first-order valence-electron chi connectivity index (χ1n) is 6.54. The molecule has 0 aliphatic carbocycles. The Morgan fingerprint density at radius 1 is 1.28 bits per heavy atom. The fourth-order valence-electron chi connectivity index (χ4n) is 2.68. The highest BCUT2D eigenvalue weighted by Crippen LogP contribution is 2.28. The third-order valence-electron chi connectivity index (χ3n) is 3.66. The Hall–Kier alpha value is -1.61. The predicted molar refractivity (Wildman–Crippen MR) is 72.9 cm³/mol. The van der Waals surface area contributed by atoms with Gasteiger partial charge in [0, 0.05) is 17.6 Å². The van der Waals surface area contributed by atoms with Gasteiger partial charge in [-0.3, -0.25) is 0 Å². The Balaban J connectivity index is 2.00. The largest absolute Gasteiger partial charge is 0.481 e. The van der Waals surface area contributed by atoms with Crippen molar-refractivity contribution in [2.75, 3.05) is 13.7 Å². The second kappa shape index (κ2) is 4.94. The molecule has 3 rings (SSSR count). The Morgan fingerprint density at radius 3 is 3.00 bits per heavy atom. The summed E-state index contributed by atoms with van der Waals surface area (Å²) >= 11 is 0. The summed E-state index contributed by atoms with van der Waals surface area (Å²) in [5.41, 5.74) is 1.37. The molecule has 0 bridgehead atoms. The molecule has 0 radical (unpaired) electrons. The first kappa shape index (κ1) is 11.5. The number of rotatable bonds is 2. The van der Waals surface area contributed by atoms with Gasteiger partial charge in [0.15, 0.2) is 0 Å². The lowest BCUT2D eigenvalue weighted by Crippen LogP contribution is -2.26. The van der Waals surface area contributed by atoms with Crippen molar-refractivity contribution in [3.05, 3.63) is 36.0 Å². The number of benzene rings is 1. The second-order valence-electron chi connectivity index (χ2n) is 4.80. The van der Waals surface area contributed by atoms with Crippen LogP contribution in [0.2, 0.25) is 0 Å². The summed E-state index contributed by atoms with van der Waals surface area (Å²) in [5.74, 6) is 0.704. The number of ether oxygens (including phenoxy) is 1. The maximum Gasteiger partial charge on any atom is 0.221 e. The second-order valence-corrected chi connectivity index (χ2v) is 4.80. The number of piperidine rings is 1. The lowest BCUT2D eigenvalue weighted by Gasteiger charge is -2.24. The Morgan fingerprint density at radius 2 is 2.22 bits per heavy atom. The molecule has 1 atom stereocenters. The molecule has 1 aliphatic heterocycles. The summed E-state index contributed by atoms with van der Waals surface area (Å²) in [7, 11) is 1.67. The minimum atomic E-state index is 0.502. The Bertz CT molecular complexity index is 547. The van der Waals surface area contributed by atoms with E-state index in [1.54, 1.807) is 13.3 Å². The van der Waals surface area contributed by atoms with Gasteiger partial charge >= 0.3 is 0 Å². The van der Waals surface area contributed by atoms with Crippen LogP contribution in [0.3, 0.4) is 0 Å². The number of methoxy groups -OCH3 is 1. The third kappa shape index (κ3) is 2.06. The van der Waals surface area contributed by atoms with Crippen molar-refractivity contribution in [2.45, 2.75) is 25.3 Å². The molecule has 1 saturated heterocycles. The molecule has 0 spiro atoms. The maximum absolute atomic E-state index is 5.29. The summed E-state index contributed by atoms with van der Waals surface area (Å²) in [4.78, 5) is 4.23. The zero-order valence-electron chi connectivity index (χ0n) is 10.6. The van der Waals surface area contributed by atoms with Crippen LogP contribution in [-0.2, 0) is 0 Å². The zero-order chi connectivity index (χ0) is 12.4. The van der Waals surface area contributed by atoms with Gasteiger partial charge in [-0.05, 0) is 48.5 Å². The minimum absolute atomic E-state index is 0.502. The highest BCUT2D eigenvalue weighted by atomic mass is 16.5. The molecule has 1 aromatic carbocycles. The molecular weight excluding hydrogens is 224 g/mol. The fraction of sp³-hybridized carbons (Fsp3) is 0.400. The molecular formula is C15H18N2O. The molecule has 18 heavy (non-hydrogen) atoms. The van der Waals surface area contributed by atoms with Gasteiger partial charge in [-0.15, -0.1) is 0 Å². The van der Waals surface area contributed by atoms with Crippen molar-refractivity contribution in [2.24, 2.45) is 0 Å². The summed E-state index contributed by atoms with van der Waals surface area (Å²) in [5, 5.41) is 5.87. The van der Waals surface area contributed by atoms with Gasteiger partial charge in [-0.25, -0.2) is 4.98 Å². The molecule has 1 aromatic heterocycles. The van der Waals surface area contributed by atoms with Crippen molar-refractivity contribution in [3.8, 4) is 5.88 Å². The van der Waals surface area contributed by atoms with Crippen LogP contribution in [0.1, 0.15) is 30.9 Å². The van der Waals surface area contributed by atoms with E-state index in [1.165, 1.54) is 30.2 Å². The number of pyridine rings is 1. The average molecular weight is 242 g/mol. The van der Waals surface area contributed by atoms with Crippen LogP contribution in [0.25, 0.3) is 10.8 Å². The van der Waals surface area contributed by atoms with Crippen molar-refractivity contribution in [3.63, 3.8) is 0 Å². The smallest absolute Gasteiger partial charge is 0.221 e. The first-order chi connectivity index (χ1) is 8.88. The fourth-order valence-corrected chi connectivity index (χ4v) is 2.68. The van der Waals surface area contributed by atoms with Crippen molar-refractivity contribution < 1.29 is 4.74 Å². The van der Waals surface area contributed by atoms with Gasteiger partial charge in [0.25, 0.3) is 0 Å². The van der Waals surface area contributed by atoms with E-state index in [1.807, 2.05) is 6.07 Å². The summed E-state index contributed by atoms with van der Waals surface area (Å²) in [6.45, 7) is 1.13. The molecule has 2 aromatic rings. The highest BCUT2D eigenvalue weighted by molar-refractivity contribution is 5.87. The SMILES string of the molecule is COc1nccc2cc(C3CCCCN3)ccc12. The van der Waals surface area contributed by atoms with Gasteiger partial charge in [0.05, 0.1) is 7.11 Å². The van der Waals surface area contributed by atoms with Crippen LogP contribution in [-0.4, -0.2) is 18.6 Å². The van der Waals surface area contributed by atoms with E-state index < -0.39 is 0 Å². The molecule has 3 heteroatoms. The number of aromatic nitrogens is 1. The maximum atomic E-state index is 5.29. The molecule has 1 N–H and O–H groups in total. The van der Waals surface area contributed by atoms with Crippen LogP contribution < -0.4 is 10.1 Å². The lowest BCUT2D eigenvalue weighted by atomic mass is 9.96. The van der Waals surface area contributed by atoms with Crippen molar-refractivity contribution in [1.29, 1.82) is 0 Å². The number of nitrogens with one attached hydrogen (secondary N) is 1. The summed E-state index contributed by atoms with van der Waals surface area (Å²) < 4.78 is 5.29. The van der Waals surface area contributed by atoms with Crippen LogP contribution >= 0.6 is 0 Å². The number of hydrogen-bond donors (Lipinski definition) is 1. The van der Waals surface area contributed by atoms with Gasteiger partial charge in [-0.2, -0.15) is 0 Å².